The number of amides is 2. The first kappa shape index (κ1) is 21.0. The van der Waals surface area contributed by atoms with Crippen LogP contribution in [0.25, 0.3) is 0 Å². The largest absolute Gasteiger partial charge is 0.416 e. The summed E-state index contributed by atoms with van der Waals surface area (Å²) in [6.07, 6.45) is -4.38. The van der Waals surface area contributed by atoms with E-state index < -0.39 is 35.4 Å². The number of Topliss-reactive ketones (excluding diaryl/α,β-unsaturated/α-hetero) is 1. The first-order valence-corrected chi connectivity index (χ1v) is 9.50. The Bertz CT molecular complexity index is 1020. The molecule has 0 bridgehead atoms. The summed E-state index contributed by atoms with van der Waals surface area (Å²) in [5.74, 6) is -2.25. The molecule has 1 unspecified atom stereocenters. The van der Waals surface area contributed by atoms with Gasteiger partial charge < -0.3 is 5.32 Å². The van der Waals surface area contributed by atoms with Gasteiger partial charge in [0, 0.05) is 10.2 Å². The van der Waals surface area contributed by atoms with E-state index >= 15 is 0 Å². The van der Waals surface area contributed by atoms with Crippen molar-refractivity contribution in [2.24, 2.45) is 0 Å². The molecular weight excluding hydrogens is 453 g/mol. The Kier molecular flexibility index (Phi) is 5.53. The van der Waals surface area contributed by atoms with Gasteiger partial charge >= 0.3 is 6.18 Å². The fraction of sp³-hybridized carbons (Fsp3) is 0.250. The molecule has 1 atom stereocenters. The summed E-state index contributed by atoms with van der Waals surface area (Å²) in [6, 6.07) is 6.40. The minimum absolute atomic E-state index is 0.0472. The lowest BCUT2D eigenvalue weighted by atomic mass is 10.1. The van der Waals surface area contributed by atoms with Gasteiger partial charge in [0.1, 0.15) is 6.04 Å². The lowest BCUT2D eigenvalue weighted by Gasteiger charge is -2.27. The molecule has 2 aromatic rings. The number of ketones is 1. The van der Waals surface area contributed by atoms with Crippen LogP contribution in [-0.2, 0) is 15.8 Å². The first-order chi connectivity index (χ1) is 13.5. The molecule has 2 aromatic carbocycles. The third-order valence-corrected chi connectivity index (χ3v) is 5.08. The molecule has 0 aliphatic carbocycles. The highest BCUT2D eigenvalue weighted by atomic mass is 79.9. The summed E-state index contributed by atoms with van der Waals surface area (Å²) >= 11 is 3.28. The molecule has 1 heterocycles. The quantitative estimate of drug-likeness (QED) is 0.660. The van der Waals surface area contributed by atoms with E-state index in [0.717, 1.165) is 17.0 Å². The van der Waals surface area contributed by atoms with Crippen molar-refractivity contribution in [1.82, 2.24) is 0 Å². The summed E-state index contributed by atoms with van der Waals surface area (Å²) in [5.41, 5.74) is 0.205. The number of anilines is 2. The molecule has 5 nitrogen and oxygen atoms in total. The SMILES string of the molecule is CCC(C(=O)Nc1cccc(C(F)(F)F)c1)N1C(=O)C(=O)c2cc(Br)cc(C)c21. The average molecular weight is 469 g/mol. The number of hydrogen-bond donors (Lipinski definition) is 1. The molecule has 0 radical (unpaired) electrons. The normalized spacial score (nSPS) is 14.8. The lowest BCUT2D eigenvalue weighted by molar-refractivity contribution is -0.137. The van der Waals surface area contributed by atoms with Gasteiger partial charge in [0.25, 0.3) is 11.7 Å². The zero-order valence-corrected chi connectivity index (χ0v) is 17.0. The maximum atomic E-state index is 12.9. The Morgan fingerprint density at radius 1 is 1.21 bits per heavy atom. The predicted molar refractivity (Wildman–Crippen MR) is 105 cm³/mol. The smallest absolute Gasteiger partial charge is 0.324 e. The molecule has 9 heteroatoms. The number of nitrogens with one attached hydrogen (secondary N) is 1. The minimum atomic E-state index is -4.55. The van der Waals surface area contributed by atoms with Crippen molar-refractivity contribution in [2.45, 2.75) is 32.5 Å². The number of nitrogens with zero attached hydrogens (tertiary/aromatic N) is 1. The van der Waals surface area contributed by atoms with E-state index in [1.54, 1.807) is 19.9 Å². The van der Waals surface area contributed by atoms with Crippen LogP contribution in [0.15, 0.2) is 40.9 Å². The average Bonchev–Trinajstić information content (AvgIpc) is 2.87. The van der Waals surface area contributed by atoms with E-state index in [2.05, 4.69) is 21.2 Å². The van der Waals surface area contributed by atoms with Gasteiger partial charge in [-0.1, -0.05) is 28.9 Å². The summed E-state index contributed by atoms with van der Waals surface area (Å²) in [6.45, 7) is 3.36. The van der Waals surface area contributed by atoms with Crippen molar-refractivity contribution in [3.05, 3.63) is 57.6 Å². The Morgan fingerprint density at radius 3 is 2.52 bits per heavy atom. The molecule has 0 aromatic heterocycles. The van der Waals surface area contributed by atoms with Gasteiger partial charge in [-0.05, 0) is 49.2 Å². The predicted octanol–water partition coefficient (Wildman–Crippen LogP) is 4.72. The van der Waals surface area contributed by atoms with Crippen molar-refractivity contribution in [3.63, 3.8) is 0 Å². The van der Waals surface area contributed by atoms with Crippen molar-refractivity contribution in [1.29, 1.82) is 0 Å². The van der Waals surface area contributed by atoms with E-state index in [0.29, 0.717) is 15.7 Å². The monoisotopic (exact) mass is 468 g/mol. The zero-order chi connectivity index (χ0) is 21.5. The van der Waals surface area contributed by atoms with Crippen LogP contribution >= 0.6 is 15.9 Å². The van der Waals surface area contributed by atoms with Gasteiger partial charge in [-0.2, -0.15) is 13.2 Å². The summed E-state index contributed by atoms with van der Waals surface area (Å²) < 4.78 is 39.3. The zero-order valence-electron chi connectivity index (χ0n) is 15.4. The van der Waals surface area contributed by atoms with E-state index in [-0.39, 0.29) is 17.7 Å². The van der Waals surface area contributed by atoms with E-state index in [1.165, 1.54) is 18.2 Å². The molecule has 1 aliphatic heterocycles. The second-order valence-electron chi connectivity index (χ2n) is 6.61. The topological polar surface area (TPSA) is 66.5 Å². The van der Waals surface area contributed by atoms with Gasteiger partial charge in [0.05, 0.1) is 16.8 Å². The molecule has 0 saturated carbocycles. The van der Waals surface area contributed by atoms with Crippen molar-refractivity contribution in [3.8, 4) is 0 Å². The Labute approximate surface area is 173 Å². The van der Waals surface area contributed by atoms with Crippen molar-refractivity contribution in [2.75, 3.05) is 10.2 Å². The highest BCUT2D eigenvalue weighted by Gasteiger charge is 2.43. The molecule has 1 aliphatic rings. The van der Waals surface area contributed by atoms with Gasteiger partial charge in [-0.3, -0.25) is 19.3 Å². The van der Waals surface area contributed by atoms with E-state index in [1.807, 2.05) is 0 Å². The summed E-state index contributed by atoms with van der Waals surface area (Å²) in [5, 5.41) is 2.43. The number of aryl methyl sites for hydroxylation is 1. The van der Waals surface area contributed by atoms with E-state index in [9.17, 15) is 27.6 Å². The van der Waals surface area contributed by atoms with Crippen LogP contribution in [0.5, 0.6) is 0 Å². The summed E-state index contributed by atoms with van der Waals surface area (Å²) in [7, 11) is 0. The molecule has 152 valence electrons. The van der Waals surface area contributed by atoms with Crippen molar-refractivity contribution >= 4 is 44.9 Å². The molecule has 29 heavy (non-hydrogen) atoms. The third-order valence-electron chi connectivity index (χ3n) is 4.62. The fourth-order valence-corrected chi connectivity index (χ4v) is 3.91. The van der Waals surface area contributed by atoms with Gasteiger partial charge in [0.15, 0.2) is 0 Å². The highest BCUT2D eigenvalue weighted by Crippen LogP contribution is 2.37. The number of rotatable bonds is 4. The lowest BCUT2D eigenvalue weighted by Crippen LogP contribution is -2.46. The van der Waals surface area contributed by atoms with Crippen LogP contribution in [0.1, 0.15) is 34.8 Å². The number of halogens is 4. The van der Waals surface area contributed by atoms with Crippen molar-refractivity contribution < 1.29 is 27.6 Å². The summed E-state index contributed by atoms with van der Waals surface area (Å²) in [4.78, 5) is 39.0. The first-order valence-electron chi connectivity index (χ1n) is 8.70. The fourth-order valence-electron chi connectivity index (χ4n) is 3.34. The van der Waals surface area contributed by atoms with Gasteiger partial charge in [-0.25, -0.2) is 0 Å². The maximum Gasteiger partial charge on any atom is 0.416 e. The van der Waals surface area contributed by atoms with Crippen LogP contribution in [0, 0.1) is 6.92 Å². The van der Waals surface area contributed by atoms with Gasteiger partial charge in [-0.15, -0.1) is 0 Å². The van der Waals surface area contributed by atoms with Crippen LogP contribution < -0.4 is 10.2 Å². The maximum absolute atomic E-state index is 12.9. The second-order valence-corrected chi connectivity index (χ2v) is 7.53. The standard InChI is InChI=1S/C20H16BrF3N2O3/c1-3-15(18(28)25-13-6-4-5-11(8-13)20(22,23)24)26-16-10(2)7-12(21)9-14(16)17(27)19(26)29/h4-9,15H,3H2,1-2H3,(H,25,28). The molecule has 1 N–H and O–H groups in total. The Balaban J connectivity index is 1.94. The second kappa shape index (κ2) is 7.62. The molecule has 2 amide bonds. The highest BCUT2D eigenvalue weighted by molar-refractivity contribution is 9.10. The van der Waals surface area contributed by atoms with E-state index in [4.69, 9.17) is 0 Å². The number of hydrogen-bond acceptors (Lipinski definition) is 3. The van der Waals surface area contributed by atoms with Crippen LogP contribution in [0.4, 0.5) is 24.5 Å². The number of carbonyl (C=O) groups is 3. The van der Waals surface area contributed by atoms with Crippen LogP contribution in [-0.4, -0.2) is 23.6 Å². The number of carbonyl (C=O) groups excluding carboxylic acids is 3. The Hall–Kier alpha value is -2.68. The Morgan fingerprint density at radius 2 is 1.90 bits per heavy atom. The number of fused-ring (bicyclic) bond motifs is 1. The molecule has 3 rings (SSSR count). The number of benzene rings is 2. The minimum Gasteiger partial charge on any atom is -0.324 e. The van der Waals surface area contributed by atoms with Gasteiger partial charge in [0.2, 0.25) is 5.91 Å². The van der Waals surface area contributed by atoms with Crippen LogP contribution in [0.3, 0.4) is 0 Å². The third kappa shape index (κ3) is 3.91. The molecule has 0 spiro atoms. The molecule has 0 fully saturated rings. The molecular formula is C20H16BrF3N2O3. The number of alkyl halides is 3. The van der Waals surface area contributed by atoms with Crippen LogP contribution in [0.2, 0.25) is 0 Å². The molecule has 0 saturated heterocycles.